The highest BCUT2D eigenvalue weighted by molar-refractivity contribution is 6.31. The Bertz CT molecular complexity index is 804. The van der Waals surface area contributed by atoms with Gasteiger partial charge in [0.2, 0.25) is 5.43 Å². The smallest absolute Gasteiger partial charge is 0.200 e. The third-order valence-corrected chi connectivity index (χ3v) is 3.38. The van der Waals surface area contributed by atoms with Crippen LogP contribution in [0, 0.1) is 0 Å². The molecule has 0 aliphatic heterocycles. The van der Waals surface area contributed by atoms with Crippen LogP contribution in [0.25, 0.3) is 22.1 Å². The summed E-state index contributed by atoms with van der Waals surface area (Å²) >= 11 is 11.7. The molecule has 0 unspecified atom stereocenters. The molecule has 0 aliphatic carbocycles. The van der Waals surface area contributed by atoms with Gasteiger partial charge in [0.1, 0.15) is 11.8 Å². The van der Waals surface area contributed by atoms with E-state index in [0.29, 0.717) is 26.6 Å². The molecule has 0 N–H and O–H groups in total. The quantitative estimate of drug-likeness (QED) is 0.646. The lowest BCUT2D eigenvalue weighted by Crippen LogP contribution is -2.04. The minimum atomic E-state index is -0.105. The number of halogens is 2. The van der Waals surface area contributed by atoms with Gasteiger partial charge in [-0.1, -0.05) is 35.3 Å². The fourth-order valence-electron chi connectivity index (χ4n) is 1.93. The molecule has 2 nitrogen and oxygen atoms in total. The molecule has 3 rings (SSSR count). The molecule has 0 saturated heterocycles. The number of hydrogen-bond donors (Lipinski definition) is 0. The molecule has 0 atom stereocenters. The first-order chi connectivity index (χ1) is 9.15. The van der Waals surface area contributed by atoms with Gasteiger partial charge >= 0.3 is 0 Å². The van der Waals surface area contributed by atoms with Crippen molar-refractivity contribution in [3.8, 4) is 11.1 Å². The summed E-state index contributed by atoms with van der Waals surface area (Å²) in [5, 5.41) is 1.60. The molecule has 19 heavy (non-hydrogen) atoms. The minimum absolute atomic E-state index is 0.105. The van der Waals surface area contributed by atoms with E-state index in [9.17, 15) is 4.79 Å². The van der Waals surface area contributed by atoms with Crippen LogP contribution in [0.1, 0.15) is 0 Å². The van der Waals surface area contributed by atoms with E-state index in [0.717, 1.165) is 5.56 Å². The van der Waals surface area contributed by atoms with Gasteiger partial charge in [0, 0.05) is 10.0 Å². The molecule has 0 amide bonds. The summed E-state index contributed by atoms with van der Waals surface area (Å²) in [5.41, 5.74) is 1.67. The van der Waals surface area contributed by atoms with Crippen LogP contribution in [-0.2, 0) is 0 Å². The molecular weight excluding hydrogens is 283 g/mol. The van der Waals surface area contributed by atoms with Crippen molar-refractivity contribution in [2.45, 2.75) is 0 Å². The third kappa shape index (κ3) is 2.25. The fraction of sp³-hybridized carbons (Fsp3) is 0. The lowest BCUT2D eigenvalue weighted by Gasteiger charge is -2.03. The van der Waals surface area contributed by atoms with Crippen molar-refractivity contribution in [2.24, 2.45) is 0 Å². The van der Waals surface area contributed by atoms with Crippen LogP contribution in [0.3, 0.4) is 0 Å². The Hall–Kier alpha value is -1.77. The topological polar surface area (TPSA) is 30.2 Å². The van der Waals surface area contributed by atoms with Crippen LogP contribution in [0.15, 0.2) is 57.9 Å². The van der Waals surface area contributed by atoms with Crippen LogP contribution in [0.4, 0.5) is 0 Å². The number of hydrogen-bond acceptors (Lipinski definition) is 2. The molecule has 0 saturated carbocycles. The zero-order chi connectivity index (χ0) is 13.4. The van der Waals surface area contributed by atoms with E-state index in [2.05, 4.69) is 0 Å². The van der Waals surface area contributed by atoms with Crippen molar-refractivity contribution in [3.63, 3.8) is 0 Å². The van der Waals surface area contributed by atoms with Crippen molar-refractivity contribution in [1.29, 1.82) is 0 Å². The van der Waals surface area contributed by atoms with E-state index >= 15 is 0 Å². The second-order valence-electron chi connectivity index (χ2n) is 4.13. The van der Waals surface area contributed by atoms with Crippen molar-refractivity contribution in [3.05, 3.63) is 69.0 Å². The second kappa shape index (κ2) is 4.72. The standard InChI is InChI=1S/C15H8Cl2O2/c16-10-3-1-9(2-4-10)13-8-19-14-6-5-11(17)7-12(14)15(13)18/h1-8H. The maximum absolute atomic E-state index is 12.4. The van der Waals surface area contributed by atoms with Crippen molar-refractivity contribution >= 4 is 34.2 Å². The van der Waals surface area contributed by atoms with E-state index in [4.69, 9.17) is 27.6 Å². The maximum atomic E-state index is 12.4. The Morgan fingerprint density at radius 2 is 1.58 bits per heavy atom. The van der Waals surface area contributed by atoms with Gasteiger partial charge in [0.25, 0.3) is 0 Å². The van der Waals surface area contributed by atoms with Crippen LogP contribution in [0.2, 0.25) is 10.0 Å². The Kier molecular flexibility index (Phi) is 3.05. The first-order valence-corrected chi connectivity index (χ1v) is 6.38. The van der Waals surface area contributed by atoms with Crippen LogP contribution in [-0.4, -0.2) is 0 Å². The van der Waals surface area contributed by atoms with E-state index in [1.165, 1.54) is 6.26 Å². The van der Waals surface area contributed by atoms with E-state index in [1.807, 2.05) is 0 Å². The first kappa shape index (κ1) is 12.3. The number of fused-ring (bicyclic) bond motifs is 1. The van der Waals surface area contributed by atoms with Crippen molar-refractivity contribution in [1.82, 2.24) is 0 Å². The molecule has 0 spiro atoms. The summed E-state index contributed by atoms with van der Waals surface area (Å²) in [6.07, 6.45) is 1.46. The summed E-state index contributed by atoms with van der Waals surface area (Å²) in [6.45, 7) is 0. The maximum Gasteiger partial charge on any atom is 0.200 e. The zero-order valence-corrected chi connectivity index (χ0v) is 11.2. The summed E-state index contributed by atoms with van der Waals surface area (Å²) < 4.78 is 5.47. The van der Waals surface area contributed by atoms with E-state index in [-0.39, 0.29) is 5.43 Å². The number of benzene rings is 2. The summed E-state index contributed by atoms with van der Waals surface area (Å²) in [4.78, 5) is 12.4. The van der Waals surface area contributed by atoms with Gasteiger partial charge in [-0.15, -0.1) is 0 Å². The van der Waals surface area contributed by atoms with E-state index in [1.54, 1.807) is 42.5 Å². The lowest BCUT2D eigenvalue weighted by molar-refractivity contribution is 0.604. The normalized spacial score (nSPS) is 10.8. The van der Waals surface area contributed by atoms with E-state index < -0.39 is 0 Å². The molecule has 0 bridgehead atoms. The molecule has 0 radical (unpaired) electrons. The second-order valence-corrected chi connectivity index (χ2v) is 5.00. The minimum Gasteiger partial charge on any atom is -0.463 e. The SMILES string of the molecule is O=c1c(-c2ccc(Cl)cc2)coc2ccc(Cl)cc12. The Labute approximate surface area is 119 Å². The molecule has 0 fully saturated rings. The average Bonchev–Trinajstić information content (AvgIpc) is 2.41. The lowest BCUT2D eigenvalue weighted by atomic mass is 10.1. The van der Waals surface area contributed by atoms with Crippen LogP contribution in [0.5, 0.6) is 0 Å². The van der Waals surface area contributed by atoms with Crippen molar-refractivity contribution < 1.29 is 4.42 Å². The van der Waals surface area contributed by atoms with Crippen LogP contribution < -0.4 is 5.43 Å². The predicted molar refractivity (Wildman–Crippen MR) is 77.9 cm³/mol. The van der Waals surface area contributed by atoms with Crippen molar-refractivity contribution in [2.75, 3.05) is 0 Å². The third-order valence-electron chi connectivity index (χ3n) is 2.89. The highest BCUT2D eigenvalue weighted by atomic mass is 35.5. The predicted octanol–water partition coefficient (Wildman–Crippen LogP) is 4.77. The van der Waals surface area contributed by atoms with Gasteiger partial charge < -0.3 is 4.42 Å². The fourth-order valence-corrected chi connectivity index (χ4v) is 2.23. The molecular formula is C15H8Cl2O2. The van der Waals surface area contributed by atoms with Gasteiger partial charge in [0.05, 0.1) is 10.9 Å². The van der Waals surface area contributed by atoms with Gasteiger partial charge in [-0.05, 0) is 35.9 Å². The Morgan fingerprint density at radius 3 is 2.32 bits per heavy atom. The van der Waals surface area contributed by atoms with Gasteiger partial charge in [-0.3, -0.25) is 4.79 Å². The molecule has 0 aliphatic rings. The molecule has 1 heterocycles. The Morgan fingerprint density at radius 1 is 0.895 bits per heavy atom. The molecule has 4 heteroatoms. The van der Waals surface area contributed by atoms with Gasteiger partial charge in [-0.25, -0.2) is 0 Å². The highest BCUT2D eigenvalue weighted by Crippen LogP contribution is 2.23. The average molecular weight is 291 g/mol. The molecule has 94 valence electrons. The summed E-state index contributed by atoms with van der Waals surface area (Å²) in [7, 11) is 0. The Balaban J connectivity index is 2.28. The first-order valence-electron chi connectivity index (χ1n) is 5.62. The van der Waals surface area contributed by atoms with Gasteiger partial charge in [-0.2, -0.15) is 0 Å². The zero-order valence-electron chi connectivity index (χ0n) is 9.69. The summed E-state index contributed by atoms with van der Waals surface area (Å²) in [6, 6.07) is 12.0. The monoisotopic (exact) mass is 290 g/mol. The summed E-state index contributed by atoms with van der Waals surface area (Å²) in [5.74, 6) is 0. The number of rotatable bonds is 1. The molecule has 1 aromatic heterocycles. The largest absolute Gasteiger partial charge is 0.463 e. The molecule has 2 aromatic carbocycles. The molecule has 3 aromatic rings. The van der Waals surface area contributed by atoms with Crippen LogP contribution >= 0.6 is 23.2 Å². The van der Waals surface area contributed by atoms with Gasteiger partial charge in [0.15, 0.2) is 0 Å². The highest BCUT2D eigenvalue weighted by Gasteiger charge is 2.09.